The minimum absolute atomic E-state index is 0.123. The number of anilines is 1. The van der Waals surface area contributed by atoms with Crippen LogP contribution in [0, 0.1) is 5.82 Å². The number of rotatable bonds is 6. The maximum Gasteiger partial charge on any atom is 0.259 e. The summed E-state index contributed by atoms with van der Waals surface area (Å²) in [5.74, 6) is -0.372. The quantitative estimate of drug-likeness (QED) is 0.708. The van der Waals surface area contributed by atoms with Gasteiger partial charge in [0.1, 0.15) is 17.7 Å². The zero-order chi connectivity index (χ0) is 22.0. The third-order valence-electron chi connectivity index (χ3n) is 5.15. The summed E-state index contributed by atoms with van der Waals surface area (Å²) in [4.78, 5) is 36.9. The molecule has 1 N–H and O–H groups in total. The van der Waals surface area contributed by atoms with Gasteiger partial charge in [-0.25, -0.2) is 14.3 Å². The van der Waals surface area contributed by atoms with Crippen molar-refractivity contribution >= 4 is 46.0 Å². The van der Waals surface area contributed by atoms with Crippen molar-refractivity contribution in [3.05, 3.63) is 59.9 Å². The van der Waals surface area contributed by atoms with E-state index in [1.807, 2.05) is 38.1 Å². The lowest BCUT2D eigenvalue weighted by Crippen LogP contribution is -2.42. The number of hydrogen-bond donors (Lipinski definition) is 1. The summed E-state index contributed by atoms with van der Waals surface area (Å²) in [6, 6.07) is 13.1. The Kier molecular flexibility index (Phi) is 6.18. The summed E-state index contributed by atoms with van der Waals surface area (Å²) in [6.07, 6.45) is 1.98. The van der Waals surface area contributed by atoms with Gasteiger partial charge in [-0.15, -0.1) is 0 Å². The van der Waals surface area contributed by atoms with Crippen LogP contribution in [0.15, 0.2) is 58.5 Å². The number of hydrogen-bond acceptors (Lipinski definition) is 5. The highest BCUT2D eigenvalue weighted by molar-refractivity contribution is 8.15. The number of halogens is 1. The number of carbonyl (C=O) groups is 2. The number of nitrogens with zero attached hydrogens (tertiary/aromatic N) is 3. The van der Waals surface area contributed by atoms with Crippen LogP contribution in [0.4, 0.5) is 15.8 Å². The Morgan fingerprint density at radius 1 is 1.19 bits per heavy atom. The third kappa shape index (κ3) is 4.12. The first-order valence-electron chi connectivity index (χ1n) is 10.3. The van der Waals surface area contributed by atoms with Crippen molar-refractivity contribution in [2.24, 2.45) is 9.98 Å². The van der Waals surface area contributed by atoms with Gasteiger partial charge in [0.2, 0.25) is 5.91 Å². The van der Waals surface area contributed by atoms with E-state index in [4.69, 9.17) is 0 Å². The van der Waals surface area contributed by atoms with Gasteiger partial charge in [0.15, 0.2) is 5.17 Å². The normalized spacial score (nSPS) is 18.1. The molecule has 2 aromatic rings. The Bertz CT molecular complexity index is 1080. The minimum atomic E-state index is -0.553. The number of fused-ring (bicyclic) bond motifs is 3. The average molecular weight is 439 g/mol. The van der Waals surface area contributed by atoms with Gasteiger partial charge in [-0.1, -0.05) is 56.3 Å². The Morgan fingerprint density at radius 3 is 2.68 bits per heavy atom. The second-order valence-electron chi connectivity index (χ2n) is 7.33. The molecule has 0 saturated carbocycles. The molecule has 0 fully saturated rings. The highest BCUT2D eigenvalue weighted by atomic mass is 32.2. The molecular formula is C23H23FN4O2S. The molecular weight excluding hydrogens is 415 g/mol. The highest BCUT2D eigenvalue weighted by Crippen LogP contribution is 2.36. The number of para-hydroxylation sites is 2. The molecule has 2 atom stereocenters. The molecule has 6 nitrogen and oxygen atoms in total. The van der Waals surface area contributed by atoms with Crippen molar-refractivity contribution in [3.8, 4) is 0 Å². The molecule has 0 radical (unpaired) electrons. The van der Waals surface area contributed by atoms with Crippen molar-refractivity contribution in [1.29, 1.82) is 0 Å². The summed E-state index contributed by atoms with van der Waals surface area (Å²) < 4.78 is 14.0. The van der Waals surface area contributed by atoms with Crippen LogP contribution in [0.5, 0.6) is 0 Å². The topological polar surface area (TPSA) is 74.1 Å². The largest absolute Gasteiger partial charge is 0.323 e. The molecule has 0 spiro atoms. The molecule has 2 aliphatic heterocycles. The molecule has 4 rings (SSSR count). The Hall–Kier alpha value is -3.00. The van der Waals surface area contributed by atoms with Gasteiger partial charge in [-0.05, 0) is 37.1 Å². The lowest BCUT2D eigenvalue weighted by molar-refractivity contribution is -0.124. The number of benzene rings is 2. The molecule has 0 unspecified atom stereocenters. The SMILES string of the molecule is CCC[C@@H]1N=C2c3ccccc3N=C(S[C@@H](CC)C(=O)Nc3ccccc3F)N2C1=O. The van der Waals surface area contributed by atoms with E-state index in [0.29, 0.717) is 29.5 Å². The minimum Gasteiger partial charge on any atom is -0.323 e. The fourth-order valence-electron chi connectivity index (χ4n) is 3.57. The lowest BCUT2D eigenvalue weighted by atomic mass is 10.1. The predicted molar refractivity (Wildman–Crippen MR) is 122 cm³/mol. The van der Waals surface area contributed by atoms with Crippen LogP contribution in [0.1, 0.15) is 38.7 Å². The fraction of sp³-hybridized carbons (Fsp3) is 0.304. The molecule has 2 heterocycles. The van der Waals surface area contributed by atoms with Gasteiger partial charge in [0.05, 0.1) is 16.6 Å². The summed E-state index contributed by atoms with van der Waals surface area (Å²) in [7, 11) is 0. The summed E-state index contributed by atoms with van der Waals surface area (Å²) in [6.45, 7) is 3.89. The molecule has 0 bridgehead atoms. The van der Waals surface area contributed by atoms with E-state index in [1.165, 1.54) is 28.8 Å². The van der Waals surface area contributed by atoms with Crippen LogP contribution in [0.2, 0.25) is 0 Å². The van der Waals surface area contributed by atoms with Gasteiger partial charge < -0.3 is 5.32 Å². The van der Waals surface area contributed by atoms with E-state index in [9.17, 15) is 14.0 Å². The van der Waals surface area contributed by atoms with E-state index in [1.54, 1.807) is 12.1 Å². The van der Waals surface area contributed by atoms with Crippen LogP contribution in [0.25, 0.3) is 0 Å². The molecule has 0 saturated heterocycles. The lowest BCUT2D eigenvalue weighted by Gasteiger charge is -2.27. The third-order valence-corrected chi connectivity index (χ3v) is 6.47. The van der Waals surface area contributed by atoms with Gasteiger partial charge in [-0.2, -0.15) is 0 Å². The molecule has 160 valence electrons. The van der Waals surface area contributed by atoms with Gasteiger partial charge in [-0.3, -0.25) is 14.6 Å². The number of aliphatic imine (C=N–C) groups is 2. The summed E-state index contributed by atoms with van der Waals surface area (Å²) in [5.41, 5.74) is 1.65. The Balaban J connectivity index is 1.62. The zero-order valence-corrected chi connectivity index (χ0v) is 18.2. The average Bonchev–Trinajstić information content (AvgIpc) is 3.10. The number of nitrogens with one attached hydrogen (secondary N) is 1. The van der Waals surface area contributed by atoms with Crippen molar-refractivity contribution in [1.82, 2.24) is 4.90 Å². The van der Waals surface area contributed by atoms with Gasteiger partial charge >= 0.3 is 0 Å². The van der Waals surface area contributed by atoms with Crippen molar-refractivity contribution in [2.45, 2.75) is 44.4 Å². The first-order valence-corrected chi connectivity index (χ1v) is 11.2. The van der Waals surface area contributed by atoms with Crippen molar-refractivity contribution in [3.63, 3.8) is 0 Å². The van der Waals surface area contributed by atoms with E-state index in [-0.39, 0.29) is 17.5 Å². The summed E-state index contributed by atoms with van der Waals surface area (Å²) >= 11 is 1.20. The smallest absolute Gasteiger partial charge is 0.259 e. The van der Waals surface area contributed by atoms with E-state index in [2.05, 4.69) is 15.3 Å². The molecule has 2 aliphatic rings. The van der Waals surface area contributed by atoms with Crippen LogP contribution in [0.3, 0.4) is 0 Å². The molecule has 0 aromatic heterocycles. The standard InChI is InChI=1S/C23H23FN4O2S/c1-3-9-18-22(30)28-20(25-18)14-10-5-7-12-16(14)27-23(28)31-19(4-2)21(29)26-17-13-8-6-11-15(17)24/h5-8,10-13,18-19H,3-4,9H2,1-2H3,(H,26,29)/t18-,19-/m0/s1. The molecule has 31 heavy (non-hydrogen) atoms. The molecule has 0 aliphatic carbocycles. The monoisotopic (exact) mass is 438 g/mol. The van der Waals surface area contributed by atoms with Crippen molar-refractivity contribution < 1.29 is 14.0 Å². The fourth-order valence-corrected chi connectivity index (χ4v) is 4.59. The second kappa shape index (κ2) is 9.01. The first kappa shape index (κ1) is 21.2. The maximum atomic E-state index is 14.0. The Morgan fingerprint density at radius 2 is 1.94 bits per heavy atom. The number of amidine groups is 2. The second-order valence-corrected chi connectivity index (χ2v) is 8.50. The van der Waals surface area contributed by atoms with E-state index >= 15 is 0 Å². The van der Waals surface area contributed by atoms with E-state index < -0.39 is 17.1 Å². The predicted octanol–water partition coefficient (Wildman–Crippen LogP) is 4.73. The molecule has 2 aromatic carbocycles. The van der Waals surface area contributed by atoms with Gasteiger partial charge in [0.25, 0.3) is 5.91 Å². The number of carbonyl (C=O) groups excluding carboxylic acids is 2. The molecule has 8 heteroatoms. The number of amides is 2. The molecule has 2 amide bonds. The first-order chi connectivity index (χ1) is 15.0. The van der Waals surface area contributed by atoms with E-state index in [0.717, 1.165) is 12.0 Å². The van der Waals surface area contributed by atoms with Crippen molar-refractivity contribution in [2.75, 3.05) is 5.32 Å². The van der Waals surface area contributed by atoms with Gasteiger partial charge in [0, 0.05) is 5.56 Å². The number of thioether (sulfide) groups is 1. The van der Waals surface area contributed by atoms with Crippen LogP contribution >= 0.6 is 11.8 Å². The Labute approximate surface area is 184 Å². The van der Waals surface area contributed by atoms with Crippen LogP contribution < -0.4 is 5.32 Å². The van der Waals surface area contributed by atoms with Crippen LogP contribution in [-0.4, -0.2) is 39.0 Å². The highest BCUT2D eigenvalue weighted by Gasteiger charge is 2.42. The maximum absolute atomic E-state index is 14.0. The van der Waals surface area contributed by atoms with Crippen LogP contribution in [-0.2, 0) is 9.59 Å². The zero-order valence-electron chi connectivity index (χ0n) is 17.3. The summed E-state index contributed by atoms with van der Waals surface area (Å²) in [5, 5.41) is 2.52.